The highest BCUT2D eigenvalue weighted by Crippen LogP contribution is 2.28. The topological polar surface area (TPSA) is 74.7 Å². The summed E-state index contributed by atoms with van der Waals surface area (Å²) in [7, 11) is -3.90. The summed E-state index contributed by atoms with van der Waals surface area (Å²) in [6, 6.07) is 3.02. The van der Waals surface area contributed by atoms with E-state index in [1.807, 2.05) is 0 Å². The van der Waals surface area contributed by atoms with Crippen LogP contribution in [0.3, 0.4) is 0 Å². The fourth-order valence-corrected chi connectivity index (χ4v) is 4.33. The molecule has 0 amide bonds. The van der Waals surface area contributed by atoms with Gasteiger partial charge in [-0.1, -0.05) is 17.5 Å². The molecule has 5 nitrogen and oxygen atoms in total. The first kappa shape index (κ1) is 15.8. The largest absolute Gasteiger partial charge is 0.480 e. The van der Waals surface area contributed by atoms with Crippen LogP contribution in [0.2, 0.25) is 5.02 Å². The zero-order chi connectivity index (χ0) is 15.6. The Bertz CT molecular complexity index is 708. The molecule has 112 valence electrons. The third-order valence-corrected chi connectivity index (χ3v) is 5.66. The van der Waals surface area contributed by atoms with E-state index in [1.165, 1.54) is 18.2 Å². The van der Waals surface area contributed by atoms with Crippen molar-refractivity contribution in [3.63, 3.8) is 0 Å². The number of sulfonamides is 1. The minimum Gasteiger partial charge on any atom is -0.480 e. The van der Waals surface area contributed by atoms with Gasteiger partial charge in [-0.25, -0.2) is 8.42 Å². The van der Waals surface area contributed by atoms with Crippen molar-refractivity contribution >= 4 is 27.6 Å². The van der Waals surface area contributed by atoms with E-state index in [-0.39, 0.29) is 16.5 Å². The molecule has 1 aromatic rings. The van der Waals surface area contributed by atoms with E-state index in [2.05, 4.69) is 5.92 Å². The molecule has 1 aliphatic rings. The first-order valence-electron chi connectivity index (χ1n) is 6.38. The van der Waals surface area contributed by atoms with Crippen molar-refractivity contribution in [1.29, 1.82) is 0 Å². The van der Waals surface area contributed by atoms with Crippen LogP contribution in [-0.4, -0.2) is 36.4 Å². The first-order valence-corrected chi connectivity index (χ1v) is 8.20. The maximum absolute atomic E-state index is 12.6. The zero-order valence-electron chi connectivity index (χ0n) is 11.1. The zero-order valence-corrected chi connectivity index (χ0v) is 12.7. The normalized spacial score (nSPS) is 19.9. The van der Waals surface area contributed by atoms with E-state index >= 15 is 0 Å². The second-order valence-electron chi connectivity index (χ2n) is 4.75. The quantitative estimate of drug-likeness (QED) is 0.861. The average molecular weight is 328 g/mol. The minimum absolute atomic E-state index is 0.0420. The summed E-state index contributed by atoms with van der Waals surface area (Å²) in [6.07, 6.45) is 6.88. The molecule has 0 aromatic heterocycles. The molecule has 0 unspecified atom stereocenters. The second-order valence-corrected chi connectivity index (χ2v) is 7.05. The van der Waals surface area contributed by atoms with Gasteiger partial charge < -0.3 is 5.11 Å². The molecule has 1 aliphatic heterocycles. The van der Waals surface area contributed by atoms with Crippen LogP contribution in [0.5, 0.6) is 0 Å². The smallest absolute Gasteiger partial charge is 0.322 e. The lowest BCUT2D eigenvalue weighted by atomic mass is 10.1. The molecule has 1 saturated heterocycles. The van der Waals surface area contributed by atoms with Gasteiger partial charge >= 0.3 is 5.97 Å². The van der Waals surface area contributed by atoms with Crippen LogP contribution in [0.15, 0.2) is 23.1 Å². The maximum atomic E-state index is 12.6. The molecular weight excluding hydrogens is 314 g/mol. The summed E-state index contributed by atoms with van der Waals surface area (Å²) >= 11 is 5.93. The van der Waals surface area contributed by atoms with Crippen molar-refractivity contribution in [3.05, 3.63) is 28.8 Å². The molecule has 1 heterocycles. The lowest BCUT2D eigenvalue weighted by Crippen LogP contribution is -2.47. The minimum atomic E-state index is -3.90. The fourth-order valence-electron chi connectivity index (χ4n) is 2.35. The average Bonchev–Trinajstić information content (AvgIpc) is 2.47. The molecule has 1 aromatic carbocycles. The van der Waals surface area contributed by atoms with Gasteiger partial charge in [0.2, 0.25) is 10.0 Å². The number of rotatable bonds is 3. The predicted molar refractivity (Wildman–Crippen MR) is 78.6 cm³/mol. The second kappa shape index (κ2) is 6.06. The summed E-state index contributed by atoms with van der Waals surface area (Å²) in [4.78, 5) is 11.2. The number of terminal acetylenes is 1. The van der Waals surface area contributed by atoms with Gasteiger partial charge in [-0.2, -0.15) is 4.31 Å². The Balaban J connectivity index is 2.43. The Morgan fingerprint density at radius 3 is 2.71 bits per heavy atom. The maximum Gasteiger partial charge on any atom is 0.322 e. The van der Waals surface area contributed by atoms with E-state index < -0.39 is 22.0 Å². The third-order valence-electron chi connectivity index (χ3n) is 3.44. The Hall–Kier alpha value is -1.55. The van der Waals surface area contributed by atoms with Crippen LogP contribution in [-0.2, 0) is 14.8 Å². The van der Waals surface area contributed by atoms with E-state index in [0.717, 1.165) is 4.31 Å². The van der Waals surface area contributed by atoms with Gasteiger partial charge in [0.1, 0.15) is 6.04 Å². The first-order chi connectivity index (χ1) is 9.87. The number of carboxylic acid groups (broad SMARTS) is 1. The van der Waals surface area contributed by atoms with Gasteiger partial charge in [-0.05, 0) is 37.5 Å². The molecule has 7 heteroatoms. The summed E-state index contributed by atoms with van der Waals surface area (Å²) < 4.78 is 26.2. The standard InChI is InChI=1S/C14H14ClNO4S/c1-2-10-6-7-11(9-12(10)15)21(19,20)16-8-4-3-5-13(16)14(17)18/h1,6-7,9,13H,3-5,8H2,(H,17,18)/t13-/m1/s1. The van der Waals surface area contributed by atoms with Crippen LogP contribution < -0.4 is 0 Å². The van der Waals surface area contributed by atoms with E-state index in [0.29, 0.717) is 24.8 Å². The molecule has 0 spiro atoms. The SMILES string of the molecule is C#Cc1ccc(S(=O)(=O)N2CCCC[C@@H]2C(=O)O)cc1Cl. The molecule has 0 radical (unpaired) electrons. The number of halogens is 1. The number of hydrogen-bond donors (Lipinski definition) is 1. The van der Waals surface area contributed by atoms with Crippen LogP contribution >= 0.6 is 11.6 Å². The highest BCUT2D eigenvalue weighted by atomic mass is 35.5. The molecule has 1 atom stereocenters. The van der Waals surface area contributed by atoms with Crippen molar-refractivity contribution in [2.45, 2.75) is 30.2 Å². The summed E-state index contributed by atoms with van der Waals surface area (Å²) in [5.41, 5.74) is 0.393. The van der Waals surface area contributed by atoms with Gasteiger partial charge in [-0.15, -0.1) is 6.42 Å². The Morgan fingerprint density at radius 1 is 1.43 bits per heavy atom. The number of nitrogens with zero attached hydrogens (tertiary/aromatic N) is 1. The van der Waals surface area contributed by atoms with Crippen LogP contribution in [0.4, 0.5) is 0 Å². The van der Waals surface area contributed by atoms with E-state index in [1.54, 1.807) is 0 Å². The van der Waals surface area contributed by atoms with Crippen molar-refractivity contribution in [2.75, 3.05) is 6.54 Å². The number of hydrogen-bond acceptors (Lipinski definition) is 3. The van der Waals surface area contributed by atoms with Crippen molar-refractivity contribution in [2.24, 2.45) is 0 Å². The third kappa shape index (κ3) is 3.05. The molecule has 21 heavy (non-hydrogen) atoms. The van der Waals surface area contributed by atoms with Gasteiger partial charge in [0, 0.05) is 12.1 Å². The van der Waals surface area contributed by atoms with Gasteiger partial charge in [-0.3, -0.25) is 4.79 Å². The molecular formula is C14H14ClNO4S. The Morgan fingerprint density at radius 2 is 2.14 bits per heavy atom. The van der Waals surface area contributed by atoms with E-state index in [9.17, 15) is 18.3 Å². The molecule has 0 saturated carbocycles. The molecule has 1 fully saturated rings. The number of carboxylic acids is 1. The number of aliphatic carboxylic acids is 1. The predicted octanol–water partition coefficient (Wildman–Crippen LogP) is 1.95. The molecule has 2 rings (SSSR count). The number of carbonyl (C=O) groups is 1. The number of benzene rings is 1. The molecule has 0 aliphatic carbocycles. The van der Waals surface area contributed by atoms with Crippen molar-refractivity contribution in [3.8, 4) is 12.3 Å². The van der Waals surface area contributed by atoms with Crippen LogP contribution in [0.1, 0.15) is 24.8 Å². The van der Waals surface area contributed by atoms with Gasteiger partial charge in [0.05, 0.1) is 9.92 Å². The van der Waals surface area contributed by atoms with Crippen molar-refractivity contribution in [1.82, 2.24) is 4.31 Å². The highest BCUT2D eigenvalue weighted by Gasteiger charge is 2.37. The van der Waals surface area contributed by atoms with E-state index in [4.69, 9.17) is 18.0 Å². The molecule has 1 N–H and O–H groups in total. The van der Waals surface area contributed by atoms with Gasteiger partial charge in [0.25, 0.3) is 0 Å². The Labute approximate surface area is 128 Å². The molecule has 0 bridgehead atoms. The summed E-state index contributed by atoms with van der Waals surface area (Å²) in [6.45, 7) is 0.188. The fraction of sp³-hybridized carbons (Fsp3) is 0.357. The number of piperidine rings is 1. The van der Waals surface area contributed by atoms with Crippen molar-refractivity contribution < 1.29 is 18.3 Å². The lowest BCUT2D eigenvalue weighted by Gasteiger charge is -2.31. The summed E-state index contributed by atoms with van der Waals surface area (Å²) in [5.74, 6) is 1.21. The Kier molecular flexibility index (Phi) is 4.57. The van der Waals surface area contributed by atoms with Gasteiger partial charge in [0.15, 0.2) is 0 Å². The van der Waals surface area contributed by atoms with Crippen LogP contribution in [0, 0.1) is 12.3 Å². The van der Waals surface area contributed by atoms with Crippen LogP contribution in [0.25, 0.3) is 0 Å². The highest BCUT2D eigenvalue weighted by molar-refractivity contribution is 7.89. The lowest BCUT2D eigenvalue weighted by molar-refractivity contribution is -0.142. The monoisotopic (exact) mass is 327 g/mol. The summed E-state index contributed by atoms with van der Waals surface area (Å²) in [5, 5.41) is 9.35.